The monoisotopic (exact) mass is 667 g/mol. The Labute approximate surface area is 302 Å². The third-order valence-electron chi connectivity index (χ3n) is 9.44. The second kappa shape index (κ2) is 13.7. The first-order chi connectivity index (χ1) is 25.7. The number of nitrogens with one attached hydrogen (secondary N) is 1. The van der Waals surface area contributed by atoms with Gasteiger partial charge in [-0.25, -0.2) is 9.97 Å². The van der Waals surface area contributed by atoms with Crippen molar-refractivity contribution in [3.63, 3.8) is 0 Å². The molecular weight excluding hydrogens is 635 g/mol. The molecule has 5 heteroatoms. The number of nitrogens with zero attached hydrogens (tertiary/aromatic N) is 4. The highest BCUT2D eigenvalue weighted by Gasteiger charge is 2.16. The zero-order chi connectivity index (χ0) is 34.7. The van der Waals surface area contributed by atoms with Gasteiger partial charge in [0.25, 0.3) is 0 Å². The number of aromatic nitrogens is 3. The summed E-state index contributed by atoms with van der Waals surface area (Å²) in [6, 6.07) is 57.0. The van der Waals surface area contributed by atoms with Gasteiger partial charge in [0.1, 0.15) is 6.17 Å². The van der Waals surface area contributed by atoms with Crippen molar-refractivity contribution in [3.05, 3.63) is 188 Å². The molecule has 5 nitrogen and oxygen atoms in total. The van der Waals surface area contributed by atoms with Crippen LogP contribution >= 0.6 is 0 Å². The van der Waals surface area contributed by atoms with Gasteiger partial charge in [-0.05, 0) is 82.1 Å². The highest BCUT2D eigenvalue weighted by atomic mass is 15.1. The van der Waals surface area contributed by atoms with Crippen molar-refractivity contribution < 1.29 is 0 Å². The second-order valence-corrected chi connectivity index (χ2v) is 12.8. The van der Waals surface area contributed by atoms with Gasteiger partial charge in [0.15, 0.2) is 5.82 Å². The number of pyridine rings is 1. The molecule has 0 fully saturated rings. The summed E-state index contributed by atoms with van der Waals surface area (Å²) in [5, 5.41) is 4.33. The van der Waals surface area contributed by atoms with E-state index in [4.69, 9.17) is 15.0 Å². The summed E-state index contributed by atoms with van der Waals surface area (Å²) in [7, 11) is 0. The minimum Gasteiger partial charge on any atom is -0.366 e. The summed E-state index contributed by atoms with van der Waals surface area (Å²) in [6.07, 6.45) is 7.52. The molecule has 246 valence electrons. The third kappa shape index (κ3) is 6.28. The highest BCUT2D eigenvalue weighted by Crippen LogP contribution is 2.36. The van der Waals surface area contributed by atoms with Gasteiger partial charge in [0.05, 0.1) is 16.9 Å². The highest BCUT2D eigenvalue weighted by molar-refractivity contribution is 5.96. The van der Waals surface area contributed by atoms with Gasteiger partial charge in [-0.15, -0.1) is 0 Å². The molecule has 0 aliphatic carbocycles. The number of benzene rings is 6. The molecule has 52 heavy (non-hydrogen) atoms. The number of rotatable bonds is 7. The van der Waals surface area contributed by atoms with Crippen molar-refractivity contribution in [1.29, 1.82) is 0 Å². The van der Waals surface area contributed by atoms with Gasteiger partial charge in [-0.2, -0.15) is 0 Å². The molecule has 0 saturated carbocycles. The van der Waals surface area contributed by atoms with Crippen molar-refractivity contribution in [1.82, 2.24) is 20.3 Å². The zero-order valence-electron chi connectivity index (χ0n) is 28.3. The Morgan fingerprint density at radius 3 is 1.75 bits per heavy atom. The van der Waals surface area contributed by atoms with E-state index in [2.05, 4.69) is 144 Å². The Balaban J connectivity index is 1.20. The van der Waals surface area contributed by atoms with Gasteiger partial charge in [0.2, 0.25) is 0 Å². The van der Waals surface area contributed by atoms with E-state index in [0.29, 0.717) is 5.82 Å². The van der Waals surface area contributed by atoms with E-state index in [0.717, 1.165) is 77.9 Å². The molecule has 1 aliphatic rings. The number of aliphatic imine (C=N–C) groups is 1. The minimum absolute atomic E-state index is 0.0988. The molecule has 1 unspecified atom stereocenters. The smallest absolute Gasteiger partial charge is 0.160 e. The Hall–Kier alpha value is -6.98. The maximum absolute atomic E-state index is 5.29. The first-order valence-corrected chi connectivity index (χ1v) is 17.4. The Morgan fingerprint density at radius 2 is 1.08 bits per heavy atom. The summed E-state index contributed by atoms with van der Waals surface area (Å²) < 4.78 is 0. The fraction of sp³-hybridized carbons (Fsp3) is 0.0213. The molecule has 6 aromatic carbocycles. The SMILES string of the molecule is C1=CNC(c2ccc(-c3cc(-c4ccc(-c5ccccc5)nc4)cc(-c4nc(-c5ccccc5)c5ccc(-c6ccccc6)cc5n4)c3)cc2)N=C1. The van der Waals surface area contributed by atoms with E-state index in [1.807, 2.05) is 55.0 Å². The summed E-state index contributed by atoms with van der Waals surface area (Å²) in [4.78, 5) is 20.0. The van der Waals surface area contributed by atoms with Crippen LogP contribution in [0.4, 0.5) is 0 Å². The lowest BCUT2D eigenvalue weighted by Crippen LogP contribution is -2.15. The fourth-order valence-electron chi connectivity index (χ4n) is 6.73. The van der Waals surface area contributed by atoms with Gasteiger partial charge >= 0.3 is 0 Å². The molecular formula is C47H33N5. The van der Waals surface area contributed by atoms with E-state index < -0.39 is 0 Å². The lowest BCUT2D eigenvalue weighted by atomic mass is 9.95. The van der Waals surface area contributed by atoms with Crippen LogP contribution in [0.15, 0.2) is 187 Å². The van der Waals surface area contributed by atoms with E-state index in [-0.39, 0.29) is 6.17 Å². The molecule has 3 heterocycles. The average molecular weight is 668 g/mol. The van der Waals surface area contributed by atoms with Gasteiger partial charge in [-0.1, -0.05) is 127 Å². The average Bonchev–Trinajstić information content (AvgIpc) is 3.24. The van der Waals surface area contributed by atoms with Crippen LogP contribution in [0.2, 0.25) is 0 Å². The van der Waals surface area contributed by atoms with Crippen molar-refractivity contribution in [3.8, 4) is 67.3 Å². The quantitative estimate of drug-likeness (QED) is 0.184. The van der Waals surface area contributed by atoms with Crippen LogP contribution in [0.5, 0.6) is 0 Å². The molecule has 1 aliphatic heterocycles. The Kier molecular flexibility index (Phi) is 8.20. The second-order valence-electron chi connectivity index (χ2n) is 12.8. The fourth-order valence-corrected chi connectivity index (χ4v) is 6.73. The number of hydrogen-bond donors (Lipinski definition) is 1. The first kappa shape index (κ1) is 31.0. The third-order valence-corrected chi connectivity index (χ3v) is 9.44. The van der Waals surface area contributed by atoms with E-state index in [9.17, 15) is 0 Å². The standard InChI is InChI=1S/C47H33N5/c1-4-11-32(12-5-1)37-21-23-42-44(30-37)51-47(52-45(42)35-15-8-3-9-16-35)41-28-39(33-17-19-36(20-18-33)46-48-25-10-26-49-46)27-40(29-41)38-22-24-43(50-31-38)34-13-6-2-7-14-34/h1-31,46,48H. The Morgan fingerprint density at radius 1 is 0.462 bits per heavy atom. The molecule has 8 aromatic rings. The van der Waals surface area contributed by atoms with Gasteiger partial charge in [-0.3, -0.25) is 9.98 Å². The van der Waals surface area contributed by atoms with Crippen LogP contribution in [0.25, 0.3) is 78.2 Å². The van der Waals surface area contributed by atoms with Crippen molar-refractivity contribution >= 4 is 17.1 Å². The van der Waals surface area contributed by atoms with Crippen molar-refractivity contribution in [2.24, 2.45) is 4.99 Å². The predicted octanol–water partition coefficient (Wildman–Crippen LogP) is 11.2. The molecule has 1 N–H and O–H groups in total. The molecule has 0 saturated heterocycles. The summed E-state index contributed by atoms with van der Waals surface area (Å²) in [5.41, 5.74) is 13.4. The van der Waals surface area contributed by atoms with Crippen LogP contribution < -0.4 is 5.32 Å². The maximum atomic E-state index is 5.29. The molecule has 0 bridgehead atoms. The molecule has 2 aromatic heterocycles. The van der Waals surface area contributed by atoms with Gasteiger partial charge in [0, 0.05) is 40.1 Å². The number of allylic oxidation sites excluding steroid dienone is 1. The number of hydrogen-bond acceptors (Lipinski definition) is 5. The van der Waals surface area contributed by atoms with Crippen molar-refractivity contribution in [2.75, 3.05) is 0 Å². The van der Waals surface area contributed by atoms with E-state index >= 15 is 0 Å². The van der Waals surface area contributed by atoms with Crippen LogP contribution in [0.3, 0.4) is 0 Å². The first-order valence-electron chi connectivity index (χ1n) is 17.4. The molecule has 1 atom stereocenters. The summed E-state index contributed by atoms with van der Waals surface area (Å²) in [5.74, 6) is 0.665. The van der Waals surface area contributed by atoms with Crippen LogP contribution in [0.1, 0.15) is 11.7 Å². The molecule has 9 rings (SSSR count). The topological polar surface area (TPSA) is 63.1 Å². The zero-order valence-corrected chi connectivity index (χ0v) is 28.3. The van der Waals surface area contributed by atoms with E-state index in [1.54, 1.807) is 0 Å². The van der Waals surface area contributed by atoms with E-state index in [1.165, 1.54) is 0 Å². The molecule has 0 radical (unpaired) electrons. The molecule has 0 amide bonds. The largest absolute Gasteiger partial charge is 0.366 e. The number of fused-ring (bicyclic) bond motifs is 1. The molecule has 0 spiro atoms. The van der Waals surface area contributed by atoms with Crippen LogP contribution in [-0.4, -0.2) is 21.2 Å². The minimum atomic E-state index is -0.0988. The van der Waals surface area contributed by atoms with Crippen LogP contribution in [0, 0.1) is 0 Å². The lowest BCUT2D eigenvalue weighted by molar-refractivity contribution is 0.653. The lowest BCUT2D eigenvalue weighted by Gasteiger charge is -2.16. The van der Waals surface area contributed by atoms with Gasteiger partial charge < -0.3 is 5.32 Å². The summed E-state index contributed by atoms with van der Waals surface area (Å²) >= 11 is 0. The van der Waals surface area contributed by atoms with Crippen molar-refractivity contribution in [2.45, 2.75) is 6.17 Å². The normalized spacial score (nSPS) is 13.6. The Bertz CT molecular complexity index is 2560. The predicted molar refractivity (Wildman–Crippen MR) is 213 cm³/mol. The van der Waals surface area contributed by atoms with Crippen LogP contribution in [-0.2, 0) is 0 Å². The maximum Gasteiger partial charge on any atom is 0.160 e. The summed E-state index contributed by atoms with van der Waals surface area (Å²) in [6.45, 7) is 0.